The van der Waals surface area contributed by atoms with E-state index in [0.717, 1.165) is 37.7 Å². The Bertz CT molecular complexity index is 1320. The van der Waals surface area contributed by atoms with Crippen LogP contribution in [-0.2, 0) is 10.2 Å². The summed E-state index contributed by atoms with van der Waals surface area (Å²) >= 11 is 0. The van der Waals surface area contributed by atoms with E-state index in [0.29, 0.717) is 35.8 Å². The predicted molar refractivity (Wildman–Crippen MR) is 142 cm³/mol. The van der Waals surface area contributed by atoms with Crippen LogP contribution in [0.1, 0.15) is 80.5 Å². The first kappa shape index (κ1) is 24.6. The van der Waals surface area contributed by atoms with Crippen molar-refractivity contribution < 1.29 is 18.8 Å². The zero-order valence-electron chi connectivity index (χ0n) is 22.1. The highest BCUT2D eigenvalue weighted by Crippen LogP contribution is 2.52. The molecule has 198 valence electrons. The molecular weight excluding hydrogens is 480 g/mol. The summed E-state index contributed by atoms with van der Waals surface area (Å²) in [6.45, 7) is 6.17. The first-order valence-corrected chi connectivity index (χ1v) is 13.5. The highest BCUT2D eigenvalue weighted by molar-refractivity contribution is 5.94. The van der Waals surface area contributed by atoms with Gasteiger partial charge in [0, 0.05) is 35.7 Å². The largest absolute Gasteiger partial charge is 0.444 e. The van der Waals surface area contributed by atoms with Gasteiger partial charge in [-0.3, -0.25) is 4.79 Å². The van der Waals surface area contributed by atoms with Gasteiger partial charge < -0.3 is 19.5 Å². The van der Waals surface area contributed by atoms with Gasteiger partial charge in [0.1, 0.15) is 5.60 Å². The number of hydrogen-bond acceptors (Lipinski definition) is 6. The van der Waals surface area contributed by atoms with Crippen LogP contribution in [-0.4, -0.2) is 51.3 Å². The van der Waals surface area contributed by atoms with Crippen molar-refractivity contribution in [2.45, 2.75) is 81.9 Å². The van der Waals surface area contributed by atoms with Crippen LogP contribution in [0.5, 0.6) is 0 Å². The van der Waals surface area contributed by atoms with Gasteiger partial charge in [0.2, 0.25) is 0 Å². The predicted octanol–water partition coefficient (Wildman–Crippen LogP) is 5.45. The zero-order chi connectivity index (χ0) is 26.5. The zero-order valence-corrected chi connectivity index (χ0v) is 22.1. The third-order valence-electron chi connectivity index (χ3n) is 7.55. The molecule has 3 aliphatic rings. The lowest BCUT2D eigenvalue weighted by molar-refractivity contribution is 0.0208. The lowest BCUT2D eigenvalue weighted by atomic mass is 10.1. The molecule has 0 radical (unpaired) electrons. The van der Waals surface area contributed by atoms with Crippen LogP contribution >= 0.6 is 0 Å². The van der Waals surface area contributed by atoms with E-state index in [-0.39, 0.29) is 23.5 Å². The molecule has 3 aliphatic carbocycles. The SMILES string of the molecule is CC(C)(C)OC(=O)N(CC1(c2noc(-c3ccc(C(=O)NC4CC4)cc3)n2)CC1)[C@H]1CC1c1ccccc1. The Hall–Kier alpha value is -3.68. The Morgan fingerprint density at radius 2 is 1.79 bits per heavy atom. The van der Waals surface area contributed by atoms with Crippen molar-refractivity contribution in [1.82, 2.24) is 20.4 Å². The van der Waals surface area contributed by atoms with Crippen molar-refractivity contribution in [3.63, 3.8) is 0 Å². The number of amides is 2. The lowest BCUT2D eigenvalue weighted by Gasteiger charge is -2.30. The molecule has 1 heterocycles. The van der Waals surface area contributed by atoms with Gasteiger partial charge in [-0.05, 0) is 82.7 Å². The monoisotopic (exact) mass is 514 g/mol. The van der Waals surface area contributed by atoms with Crippen molar-refractivity contribution in [1.29, 1.82) is 0 Å². The van der Waals surface area contributed by atoms with Gasteiger partial charge in [-0.15, -0.1) is 0 Å². The number of carbonyl (C=O) groups is 2. The molecule has 6 rings (SSSR count). The van der Waals surface area contributed by atoms with E-state index in [1.54, 1.807) is 12.1 Å². The third-order valence-corrected chi connectivity index (χ3v) is 7.55. The smallest absolute Gasteiger partial charge is 0.410 e. The maximum Gasteiger partial charge on any atom is 0.410 e. The molecule has 3 saturated carbocycles. The number of hydrogen-bond donors (Lipinski definition) is 1. The maximum atomic E-state index is 13.3. The third kappa shape index (κ3) is 5.30. The lowest BCUT2D eigenvalue weighted by Crippen LogP contribution is -2.43. The van der Waals surface area contributed by atoms with Gasteiger partial charge in [0.05, 0.1) is 5.41 Å². The van der Waals surface area contributed by atoms with Gasteiger partial charge in [-0.1, -0.05) is 35.5 Å². The number of carbonyl (C=O) groups excluding carboxylic acids is 2. The first-order valence-electron chi connectivity index (χ1n) is 13.5. The van der Waals surface area contributed by atoms with E-state index in [1.165, 1.54) is 5.56 Å². The molecule has 1 unspecified atom stereocenters. The first-order chi connectivity index (χ1) is 18.2. The molecule has 3 aromatic rings. The molecule has 8 nitrogen and oxygen atoms in total. The number of rotatable bonds is 8. The summed E-state index contributed by atoms with van der Waals surface area (Å²) in [6, 6.07) is 18.0. The Labute approximate surface area is 222 Å². The van der Waals surface area contributed by atoms with Gasteiger partial charge in [0.15, 0.2) is 5.82 Å². The van der Waals surface area contributed by atoms with Crippen molar-refractivity contribution in [2.24, 2.45) is 0 Å². The van der Waals surface area contributed by atoms with Crippen LogP contribution in [0.15, 0.2) is 59.1 Å². The molecule has 1 N–H and O–H groups in total. The number of benzene rings is 2. The van der Waals surface area contributed by atoms with Gasteiger partial charge >= 0.3 is 6.09 Å². The molecule has 0 saturated heterocycles. The summed E-state index contributed by atoms with van der Waals surface area (Å²) in [5.41, 5.74) is 1.70. The standard InChI is InChI=1S/C30H34N4O4/c1-29(2,3)37-28(36)34(24-17-23(24)19-7-5-4-6-8-19)18-30(15-16-30)27-32-26(38-33-27)21-11-9-20(10-12-21)25(35)31-22-13-14-22/h4-12,22-24H,13-18H2,1-3H3,(H,31,35)/t23?,24-/m0/s1. The summed E-state index contributed by atoms with van der Waals surface area (Å²) in [7, 11) is 0. The molecule has 0 aliphatic heterocycles. The van der Waals surface area contributed by atoms with Crippen molar-refractivity contribution in [3.05, 3.63) is 71.5 Å². The summed E-state index contributed by atoms with van der Waals surface area (Å²) in [6.07, 6.45) is 4.49. The Kier molecular flexibility index (Phi) is 6.00. The topological polar surface area (TPSA) is 97.6 Å². The van der Waals surface area contributed by atoms with E-state index in [1.807, 2.05) is 56.0 Å². The van der Waals surface area contributed by atoms with Crippen molar-refractivity contribution in [2.75, 3.05) is 6.54 Å². The second-order valence-corrected chi connectivity index (χ2v) is 12.0. The molecule has 1 aromatic heterocycles. The maximum absolute atomic E-state index is 13.3. The Morgan fingerprint density at radius 1 is 1.08 bits per heavy atom. The minimum atomic E-state index is -0.579. The van der Waals surface area contributed by atoms with Gasteiger partial charge in [-0.2, -0.15) is 4.98 Å². The minimum absolute atomic E-state index is 0.0571. The summed E-state index contributed by atoms with van der Waals surface area (Å²) in [4.78, 5) is 32.3. The van der Waals surface area contributed by atoms with Crippen LogP contribution in [0.4, 0.5) is 4.79 Å². The highest BCUT2D eigenvalue weighted by Gasteiger charge is 2.55. The average molecular weight is 515 g/mol. The van der Waals surface area contributed by atoms with Crippen molar-refractivity contribution in [3.8, 4) is 11.5 Å². The number of ether oxygens (including phenoxy) is 1. The fourth-order valence-corrected chi connectivity index (χ4v) is 4.97. The fraction of sp³-hybridized carbons (Fsp3) is 0.467. The Balaban J connectivity index is 1.18. The van der Waals surface area contributed by atoms with Crippen molar-refractivity contribution >= 4 is 12.0 Å². The van der Waals surface area contributed by atoms with E-state index in [4.69, 9.17) is 14.2 Å². The van der Waals surface area contributed by atoms with E-state index in [9.17, 15) is 9.59 Å². The van der Waals surface area contributed by atoms with Gasteiger partial charge in [0.25, 0.3) is 11.8 Å². The second kappa shape index (κ2) is 9.26. The quantitative estimate of drug-likeness (QED) is 0.429. The highest BCUT2D eigenvalue weighted by atomic mass is 16.6. The van der Waals surface area contributed by atoms with Crippen LogP contribution in [0, 0.1) is 0 Å². The van der Waals surface area contributed by atoms with Gasteiger partial charge in [-0.25, -0.2) is 4.79 Å². The number of aromatic nitrogens is 2. The second-order valence-electron chi connectivity index (χ2n) is 12.0. The minimum Gasteiger partial charge on any atom is -0.444 e. The van der Waals surface area contributed by atoms with Crippen LogP contribution in [0.3, 0.4) is 0 Å². The molecule has 2 amide bonds. The molecule has 8 heteroatoms. The molecule has 0 spiro atoms. The molecule has 3 fully saturated rings. The average Bonchev–Trinajstić information content (AvgIpc) is 3.81. The molecule has 38 heavy (non-hydrogen) atoms. The molecule has 0 bridgehead atoms. The summed E-state index contributed by atoms with van der Waals surface area (Å²) in [5.74, 6) is 1.28. The van der Waals surface area contributed by atoms with Crippen LogP contribution in [0.25, 0.3) is 11.5 Å². The number of nitrogens with one attached hydrogen (secondary N) is 1. The van der Waals surface area contributed by atoms with E-state index >= 15 is 0 Å². The fourth-order valence-electron chi connectivity index (χ4n) is 4.97. The molecular formula is C30H34N4O4. The van der Waals surface area contributed by atoms with Crippen LogP contribution in [0.2, 0.25) is 0 Å². The summed E-state index contributed by atoms with van der Waals surface area (Å²) in [5, 5.41) is 7.33. The Morgan fingerprint density at radius 3 is 2.42 bits per heavy atom. The summed E-state index contributed by atoms with van der Waals surface area (Å²) < 4.78 is 11.5. The normalized spacial score (nSPS) is 21.4. The van der Waals surface area contributed by atoms with Crippen LogP contribution < -0.4 is 5.32 Å². The molecule has 2 aromatic carbocycles. The number of nitrogens with zero attached hydrogens (tertiary/aromatic N) is 3. The van der Waals surface area contributed by atoms with E-state index < -0.39 is 5.60 Å². The molecule has 2 atom stereocenters. The van der Waals surface area contributed by atoms with E-state index in [2.05, 4.69) is 22.6 Å².